The summed E-state index contributed by atoms with van der Waals surface area (Å²) in [6.07, 6.45) is 5.31. The normalized spacial score (nSPS) is 14.3. The Morgan fingerprint density at radius 3 is 2.15 bits per heavy atom. The Kier molecular flexibility index (Phi) is 9.82. The van der Waals surface area contributed by atoms with Gasteiger partial charge in [0.1, 0.15) is 18.3 Å². The number of carbonyl (C=O) groups excluding carboxylic acids is 2. The van der Waals surface area contributed by atoms with E-state index in [0.29, 0.717) is 17.9 Å². The van der Waals surface area contributed by atoms with Gasteiger partial charge in [-0.1, -0.05) is 79.6 Å². The number of anilines is 1. The molecule has 0 spiro atoms. The van der Waals surface area contributed by atoms with Gasteiger partial charge in [-0.05, 0) is 36.1 Å². The number of carbonyl (C=O) groups is 2. The fourth-order valence-electron chi connectivity index (χ4n) is 5.08. The molecule has 2 amide bonds. The largest absolute Gasteiger partial charge is 0.497 e. The van der Waals surface area contributed by atoms with Crippen LogP contribution in [0.25, 0.3) is 0 Å². The average Bonchev–Trinajstić information content (AvgIpc) is 3.47. The number of amides is 2. The summed E-state index contributed by atoms with van der Waals surface area (Å²) >= 11 is 0. The molecule has 9 heteroatoms. The minimum absolute atomic E-state index is 0.0729. The van der Waals surface area contributed by atoms with E-state index in [1.807, 2.05) is 60.7 Å². The lowest BCUT2D eigenvalue weighted by molar-refractivity contribution is -0.140. The predicted octanol–water partition coefficient (Wildman–Crippen LogP) is 4.16. The van der Waals surface area contributed by atoms with Crippen LogP contribution >= 0.6 is 0 Å². The molecule has 0 bridgehead atoms. The second-order valence-electron chi connectivity index (χ2n) is 10.2. The van der Waals surface area contributed by atoms with Crippen LogP contribution in [0.3, 0.4) is 0 Å². The number of hydrogen-bond acceptors (Lipinski definition) is 5. The second kappa shape index (κ2) is 13.5. The molecule has 0 radical (unpaired) electrons. The number of rotatable bonds is 12. The minimum Gasteiger partial charge on any atom is -0.497 e. The highest BCUT2D eigenvalue weighted by atomic mass is 32.2. The summed E-state index contributed by atoms with van der Waals surface area (Å²) < 4.78 is 32.2. The molecular formula is C31H37N3O5S. The lowest BCUT2D eigenvalue weighted by Crippen LogP contribution is -2.54. The number of ether oxygens (including phenoxy) is 1. The molecule has 1 fully saturated rings. The maximum atomic E-state index is 14.1. The van der Waals surface area contributed by atoms with Crippen LogP contribution in [0.1, 0.15) is 36.8 Å². The molecule has 40 heavy (non-hydrogen) atoms. The summed E-state index contributed by atoms with van der Waals surface area (Å²) in [6.45, 7) is -0.300. The van der Waals surface area contributed by atoms with Gasteiger partial charge < -0.3 is 15.0 Å². The molecule has 0 saturated heterocycles. The van der Waals surface area contributed by atoms with Gasteiger partial charge in [0.2, 0.25) is 21.8 Å². The van der Waals surface area contributed by atoms with Crippen LogP contribution in [-0.2, 0) is 32.6 Å². The lowest BCUT2D eigenvalue weighted by atomic mass is 10.0. The van der Waals surface area contributed by atoms with E-state index >= 15 is 0 Å². The van der Waals surface area contributed by atoms with Crippen molar-refractivity contribution in [3.05, 3.63) is 96.1 Å². The average molecular weight is 564 g/mol. The summed E-state index contributed by atoms with van der Waals surface area (Å²) in [5, 5.41) is 3.17. The molecule has 1 atom stereocenters. The van der Waals surface area contributed by atoms with Crippen molar-refractivity contribution in [2.24, 2.45) is 0 Å². The number of hydrogen-bond donors (Lipinski definition) is 1. The van der Waals surface area contributed by atoms with Crippen LogP contribution < -0.4 is 14.4 Å². The van der Waals surface area contributed by atoms with E-state index in [2.05, 4.69) is 5.32 Å². The molecule has 1 aliphatic rings. The maximum Gasteiger partial charge on any atom is 0.244 e. The minimum atomic E-state index is -3.84. The molecule has 3 aromatic rings. The van der Waals surface area contributed by atoms with Gasteiger partial charge in [0.15, 0.2) is 0 Å². The van der Waals surface area contributed by atoms with E-state index in [1.165, 1.54) is 12.0 Å². The quantitative estimate of drug-likeness (QED) is 0.357. The molecule has 0 aliphatic heterocycles. The first kappa shape index (κ1) is 29.1. The number of benzene rings is 3. The van der Waals surface area contributed by atoms with Gasteiger partial charge in [-0.25, -0.2) is 8.42 Å². The zero-order chi connectivity index (χ0) is 28.5. The maximum absolute atomic E-state index is 14.1. The van der Waals surface area contributed by atoms with Crippen LogP contribution in [-0.4, -0.2) is 57.1 Å². The Hall–Kier alpha value is -3.85. The molecule has 0 unspecified atom stereocenters. The molecule has 1 aliphatic carbocycles. The van der Waals surface area contributed by atoms with Gasteiger partial charge >= 0.3 is 0 Å². The molecule has 212 valence electrons. The van der Waals surface area contributed by atoms with Gasteiger partial charge in [0.25, 0.3) is 0 Å². The molecule has 1 saturated carbocycles. The zero-order valence-electron chi connectivity index (χ0n) is 23.0. The third-order valence-corrected chi connectivity index (χ3v) is 8.33. The number of methoxy groups -OCH3 is 1. The highest BCUT2D eigenvalue weighted by molar-refractivity contribution is 7.92. The van der Waals surface area contributed by atoms with Crippen molar-refractivity contribution in [3.8, 4) is 5.75 Å². The lowest BCUT2D eigenvalue weighted by Gasteiger charge is -2.34. The topological polar surface area (TPSA) is 96.0 Å². The fourth-order valence-corrected chi connectivity index (χ4v) is 5.92. The van der Waals surface area contributed by atoms with E-state index in [4.69, 9.17) is 4.74 Å². The SMILES string of the molecule is COc1cccc(N(CC(=O)N(Cc2ccccc2)[C@@H](Cc2ccccc2)C(=O)NC2CCCC2)S(C)(=O)=O)c1. The number of sulfonamides is 1. The second-order valence-corrected chi connectivity index (χ2v) is 12.1. The molecule has 4 rings (SSSR count). The summed E-state index contributed by atoms with van der Waals surface area (Å²) in [5.74, 6) is -0.232. The van der Waals surface area contributed by atoms with E-state index in [9.17, 15) is 18.0 Å². The Morgan fingerprint density at radius 1 is 0.925 bits per heavy atom. The van der Waals surface area contributed by atoms with Crippen molar-refractivity contribution in [1.82, 2.24) is 10.2 Å². The van der Waals surface area contributed by atoms with Crippen molar-refractivity contribution in [2.45, 2.75) is 50.7 Å². The predicted molar refractivity (Wildman–Crippen MR) is 157 cm³/mol. The van der Waals surface area contributed by atoms with Crippen LogP contribution in [0.2, 0.25) is 0 Å². The molecule has 0 heterocycles. The van der Waals surface area contributed by atoms with Crippen LogP contribution in [0.5, 0.6) is 5.75 Å². The van der Waals surface area contributed by atoms with Crippen LogP contribution in [0, 0.1) is 0 Å². The number of nitrogens with zero attached hydrogens (tertiary/aromatic N) is 2. The smallest absolute Gasteiger partial charge is 0.244 e. The molecule has 3 aromatic carbocycles. The highest BCUT2D eigenvalue weighted by Gasteiger charge is 2.34. The van der Waals surface area contributed by atoms with E-state index < -0.39 is 28.5 Å². The summed E-state index contributed by atoms with van der Waals surface area (Å²) in [5.41, 5.74) is 2.06. The van der Waals surface area contributed by atoms with E-state index in [1.54, 1.807) is 24.3 Å². The third-order valence-electron chi connectivity index (χ3n) is 7.19. The highest BCUT2D eigenvalue weighted by Crippen LogP contribution is 2.25. The van der Waals surface area contributed by atoms with Crippen molar-refractivity contribution >= 4 is 27.5 Å². The molecule has 1 N–H and O–H groups in total. The van der Waals surface area contributed by atoms with Gasteiger partial charge in [-0.15, -0.1) is 0 Å². The molecule has 8 nitrogen and oxygen atoms in total. The molecule has 0 aromatic heterocycles. The number of nitrogens with one attached hydrogen (secondary N) is 1. The Bertz CT molecular complexity index is 1380. The summed E-state index contributed by atoms with van der Waals surface area (Å²) in [7, 11) is -2.34. The fraction of sp³-hybridized carbons (Fsp3) is 0.355. The Balaban J connectivity index is 1.71. The Labute approximate surface area is 237 Å². The third kappa shape index (κ3) is 7.85. The first-order valence-corrected chi connectivity index (χ1v) is 15.4. The zero-order valence-corrected chi connectivity index (χ0v) is 23.8. The van der Waals surface area contributed by atoms with Crippen molar-refractivity contribution < 1.29 is 22.7 Å². The van der Waals surface area contributed by atoms with Gasteiger partial charge in [-0.2, -0.15) is 0 Å². The molecular weight excluding hydrogens is 526 g/mol. The summed E-state index contributed by atoms with van der Waals surface area (Å²) in [6, 6.07) is 24.8. The van der Waals surface area contributed by atoms with Crippen molar-refractivity contribution in [3.63, 3.8) is 0 Å². The Morgan fingerprint density at radius 2 is 1.55 bits per heavy atom. The van der Waals surface area contributed by atoms with E-state index in [0.717, 1.165) is 47.4 Å². The standard InChI is InChI=1S/C31H37N3O5S/c1-39-28-19-11-18-27(21-28)34(40(2,37)38)23-30(35)33(22-25-14-7-4-8-15-25)29(20-24-12-5-3-6-13-24)31(36)32-26-16-9-10-17-26/h3-8,11-15,18-19,21,26,29H,9-10,16-17,20,22-23H2,1-2H3,(H,32,36)/t29-/m0/s1. The van der Waals surface area contributed by atoms with E-state index in [-0.39, 0.29) is 18.5 Å². The van der Waals surface area contributed by atoms with Gasteiger partial charge in [0, 0.05) is 25.1 Å². The first-order valence-electron chi connectivity index (χ1n) is 13.5. The van der Waals surface area contributed by atoms with Gasteiger partial charge in [0.05, 0.1) is 19.1 Å². The summed E-state index contributed by atoms with van der Waals surface area (Å²) in [4.78, 5) is 29.5. The van der Waals surface area contributed by atoms with Crippen LogP contribution in [0.15, 0.2) is 84.9 Å². The van der Waals surface area contributed by atoms with Crippen LogP contribution in [0.4, 0.5) is 5.69 Å². The van der Waals surface area contributed by atoms with Gasteiger partial charge in [-0.3, -0.25) is 13.9 Å². The monoisotopic (exact) mass is 563 g/mol. The first-order chi connectivity index (χ1) is 19.2. The van der Waals surface area contributed by atoms with Crippen molar-refractivity contribution in [2.75, 3.05) is 24.2 Å². The van der Waals surface area contributed by atoms with Crippen molar-refractivity contribution in [1.29, 1.82) is 0 Å².